The maximum absolute atomic E-state index is 12.0. The Balaban J connectivity index is 2.20. The third-order valence-corrected chi connectivity index (χ3v) is 4.81. The van der Waals surface area contributed by atoms with E-state index in [2.05, 4.69) is 10.0 Å². The number of rotatable bonds is 12. The van der Waals surface area contributed by atoms with Crippen LogP contribution in [0.2, 0.25) is 0 Å². The Hall–Kier alpha value is -2.26. The molecule has 0 fully saturated rings. The minimum atomic E-state index is -3.52. The van der Waals surface area contributed by atoms with Crippen LogP contribution in [0.1, 0.15) is 32.1 Å². The summed E-state index contributed by atoms with van der Waals surface area (Å²) in [6, 6.07) is 7.01. The number of carbonyl (C=O) groups is 3. The van der Waals surface area contributed by atoms with Crippen LogP contribution in [0, 0.1) is 0 Å². The van der Waals surface area contributed by atoms with Crippen LogP contribution >= 0.6 is 0 Å². The molecule has 0 radical (unpaired) electrons. The summed E-state index contributed by atoms with van der Waals surface area (Å²) in [5.74, 6) is -1.56. The number of nitrogens with one attached hydrogen (secondary N) is 2. The first kappa shape index (κ1) is 20.8. The van der Waals surface area contributed by atoms with Crippen LogP contribution in [-0.4, -0.2) is 44.3 Å². The van der Waals surface area contributed by atoms with Gasteiger partial charge in [-0.3, -0.25) is 9.59 Å². The van der Waals surface area contributed by atoms with Crippen molar-refractivity contribution >= 4 is 28.2 Å². The van der Waals surface area contributed by atoms with Gasteiger partial charge in [-0.05, 0) is 25.0 Å². The van der Waals surface area contributed by atoms with Crippen LogP contribution in [0.3, 0.4) is 0 Å². The van der Waals surface area contributed by atoms with Crippen LogP contribution in [-0.2, 0) is 24.4 Å². The largest absolute Gasteiger partial charge is 0.481 e. The molecule has 0 bridgehead atoms. The Labute approximate surface area is 146 Å². The fraction of sp³-hybridized carbons (Fsp3) is 0.438. The standard InChI is InChI=1S/C16H22N2O6S/c19-12-13(11-16(21)22)18-15(20)9-5-2-6-10-17-25(23,24)14-7-3-1-4-8-14/h1,3-4,7-8,12-13,17H,2,5-6,9-11H2,(H,18,20)(H,21,22). The summed E-state index contributed by atoms with van der Waals surface area (Å²) in [5, 5.41) is 10.9. The Bertz CT molecular complexity index is 675. The smallest absolute Gasteiger partial charge is 0.305 e. The summed E-state index contributed by atoms with van der Waals surface area (Å²) >= 11 is 0. The van der Waals surface area contributed by atoms with Gasteiger partial charge in [0.25, 0.3) is 0 Å². The lowest BCUT2D eigenvalue weighted by Gasteiger charge is -2.10. The van der Waals surface area contributed by atoms with E-state index in [0.29, 0.717) is 25.5 Å². The molecule has 0 heterocycles. The molecular formula is C16H22N2O6S. The SMILES string of the molecule is O=CC(CC(=O)O)NC(=O)CCCCCNS(=O)(=O)c1ccccc1. The second kappa shape index (κ2) is 10.6. The van der Waals surface area contributed by atoms with Crippen LogP contribution in [0.4, 0.5) is 0 Å². The molecule has 1 aromatic rings. The van der Waals surface area contributed by atoms with Crippen molar-refractivity contribution < 1.29 is 27.9 Å². The van der Waals surface area contributed by atoms with Crippen molar-refractivity contribution in [2.24, 2.45) is 0 Å². The highest BCUT2D eigenvalue weighted by molar-refractivity contribution is 7.89. The molecule has 9 heteroatoms. The van der Waals surface area contributed by atoms with Crippen molar-refractivity contribution in [3.63, 3.8) is 0 Å². The molecule has 1 rings (SSSR count). The van der Waals surface area contributed by atoms with Crippen molar-refractivity contribution in [3.05, 3.63) is 30.3 Å². The van der Waals surface area contributed by atoms with E-state index in [1.807, 2.05) is 0 Å². The molecule has 138 valence electrons. The number of carboxylic acids is 1. The molecule has 25 heavy (non-hydrogen) atoms. The molecular weight excluding hydrogens is 348 g/mol. The van der Waals surface area contributed by atoms with E-state index in [4.69, 9.17) is 5.11 Å². The van der Waals surface area contributed by atoms with Crippen LogP contribution in [0.25, 0.3) is 0 Å². The average molecular weight is 370 g/mol. The maximum Gasteiger partial charge on any atom is 0.305 e. The summed E-state index contributed by atoms with van der Waals surface area (Å²) < 4.78 is 26.4. The number of aldehydes is 1. The van der Waals surface area contributed by atoms with E-state index in [9.17, 15) is 22.8 Å². The Morgan fingerprint density at radius 3 is 2.40 bits per heavy atom. The average Bonchev–Trinajstić information content (AvgIpc) is 2.57. The molecule has 0 aliphatic carbocycles. The number of unbranched alkanes of at least 4 members (excludes halogenated alkanes) is 2. The Morgan fingerprint density at radius 1 is 1.12 bits per heavy atom. The van der Waals surface area contributed by atoms with Crippen molar-refractivity contribution in [2.75, 3.05) is 6.54 Å². The van der Waals surface area contributed by atoms with Gasteiger partial charge in [-0.2, -0.15) is 0 Å². The van der Waals surface area contributed by atoms with Gasteiger partial charge in [-0.15, -0.1) is 0 Å². The molecule has 1 atom stereocenters. The lowest BCUT2D eigenvalue weighted by Crippen LogP contribution is -2.37. The van der Waals surface area contributed by atoms with Crippen LogP contribution in [0.15, 0.2) is 35.2 Å². The highest BCUT2D eigenvalue weighted by atomic mass is 32.2. The second-order valence-corrected chi connectivity index (χ2v) is 7.20. The number of hydrogen-bond donors (Lipinski definition) is 3. The van der Waals surface area contributed by atoms with Gasteiger partial charge in [0.05, 0.1) is 17.4 Å². The Morgan fingerprint density at radius 2 is 1.80 bits per heavy atom. The molecule has 8 nitrogen and oxygen atoms in total. The number of aliphatic carboxylic acids is 1. The monoisotopic (exact) mass is 370 g/mol. The van der Waals surface area contributed by atoms with Gasteiger partial charge in [0.2, 0.25) is 15.9 Å². The van der Waals surface area contributed by atoms with Crippen molar-refractivity contribution in [1.82, 2.24) is 10.0 Å². The zero-order chi connectivity index (χ0) is 18.7. The van der Waals surface area contributed by atoms with E-state index in [1.165, 1.54) is 12.1 Å². The topological polar surface area (TPSA) is 130 Å². The van der Waals surface area contributed by atoms with Gasteiger partial charge in [0, 0.05) is 13.0 Å². The van der Waals surface area contributed by atoms with Gasteiger partial charge in [0.15, 0.2) is 0 Å². The zero-order valence-corrected chi connectivity index (χ0v) is 14.5. The van der Waals surface area contributed by atoms with E-state index in [1.54, 1.807) is 18.2 Å². The first-order valence-electron chi connectivity index (χ1n) is 7.86. The molecule has 1 aromatic carbocycles. The third-order valence-electron chi connectivity index (χ3n) is 3.33. The molecule has 1 unspecified atom stereocenters. The van der Waals surface area contributed by atoms with Gasteiger partial charge in [-0.1, -0.05) is 24.6 Å². The van der Waals surface area contributed by atoms with Gasteiger partial charge in [-0.25, -0.2) is 13.1 Å². The van der Waals surface area contributed by atoms with Gasteiger partial charge in [0.1, 0.15) is 6.29 Å². The minimum absolute atomic E-state index is 0.148. The molecule has 0 aliphatic rings. The van der Waals surface area contributed by atoms with E-state index in [0.717, 1.165) is 0 Å². The highest BCUT2D eigenvalue weighted by Crippen LogP contribution is 2.07. The predicted octanol–water partition coefficient (Wildman–Crippen LogP) is 0.684. The third kappa shape index (κ3) is 8.41. The molecule has 1 amide bonds. The molecule has 0 aromatic heterocycles. The summed E-state index contributed by atoms with van der Waals surface area (Å²) in [6.45, 7) is 0.259. The lowest BCUT2D eigenvalue weighted by molar-refractivity contribution is -0.138. The van der Waals surface area contributed by atoms with E-state index < -0.39 is 34.4 Å². The van der Waals surface area contributed by atoms with Crippen LogP contribution in [0.5, 0.6) is 0 Å². The maximum atomic E-state index is 12.0. The van der Waals surface area contributed by atoms with E-state index in [-0.39, 0.29) is 17.9 Å². The van der Waals surface area contributed by atoms with Crippen molar-refractivity contribution in [1.29, 1.82) is 0 Å². The number of sulfonamides is 1. The van der Waals surface area contributed by atoms with Crippen molar-refractivity contribution in [3.8, 4) is 0 Å². The fourth-order valence-corrected chi connectivity index (χ4v) is 3.17. The van der Waals surface area contributed by atoms with E-state index >= 15 is 0 Å². The number of carbonyl (C=O) groups excluding carboxylic acids is 2. The first-order valence-corrected chi connectivity index (χ1v) is 9.34. The highest BCUT2D eigenvalue weighted by Gasteiger charge is 2.15. The van der Waals surface area contributed by atoms with Crippen molar-refractivity contribution in [2.45, 2.75) is 43.0 Å². The van der Waals surface area contributed by atoms with Gasteiger partial charge >= 0.3 is 5.97 Å². The first-order chi connectivity index (χ1) is 11.8. The zero-order valence-electron chi connectivity index (χ0n) is 13.7. The quantitative estimate of drug-likeness (QED) is 0.366. The van der Waals surface area contributed by atoms with Crippen LogP contribution < -0.4 is 10.0 Å². The molecule has 0 aliphatic heterocycles. The molecule has 0 spiro atoms. The minimum Gasteiger partial charge on any atom is -0.481 e. The lowest BCUT2D eigenvalue weighted by atomic mass is 10.1. The predicted molar refractivity (Wildman–Crippen MR) is 90.3 cm³/mol. The fourth-order valence-electron chi connectivity index (χ4n) is 2.08. The Kier molecular flexibility index (Phi) is 8.79. The summed E-state index contributed by atoms with van der Waals surface area (Å²) in [4.78, 5) is 33.0. The second-order valence-electron chi connectivity index (χ2n) is 5.43. The number of benzene rings is 1. The summed E-state index contributed by atoms with van der Waals surface area (Å²) in [6.07, 6.45) is 1.79. The summed E-state index contributed by atoms with van der Waals surface area (Å²) in [5.41, 5.74) is 0. The number of hydrogen-bond acceptors (Lipinski definition) is 5. The molecule has 0 saturated heterocycles. The number of amides is 1. The molecule has 0 saturated carbocycles. The number of carboxylic acid groups (broad SMARTS) is 1. The van der Waals surface area contributed by atoms with Gasteiger partial charge < -0.3 is 15.2 Å². The normalized spacial score (nSPS) is 12.3. The molecule has 3 N–H and O–H groups in total. The summed E-state index contributed by atoms with van der Waals surface area (Å²) in [7, 11) is -3.52.